The fraction of sp³-hybridized carbons (Fsp3) is 0.941. The number of rotatable bonds is 28. The summed E-state index contributed by atoms with van der Waals surface area (Å²) in [4.78, 5) is 27.3. The lowest BCUT2D eigenvalue weighted by Gasteiger charge is -2.26. The maximum Gasteiger partial charge on any atom is 0.328 e. The highest BCUT2D eigenvalue weighted by Crippen LogP contribution is 2.18. The summed E-state index contributed by atoms with van der Waals surface area (Å²) in [5.41, 5.74) is 0. The largest absolute Gasteiger partial charge is 0.461 e. The van der Waals surface area contributed by atoms with Gasteiger partial charge in [-0.15, -0.1) is 0 Å². The van der Waals surface area contributed by atoms with Crippen LogP contribution in [0, 0.1) is 0 Å². The number of unbranched alkanes of at least 4 members (excludes halogenated alkanes) is 19. The van der Waals surface area contributed by atoms with Crippen LogP contribution < -0.4 is 0 Å². The van der Waals surface area contributed by atoms with Crippen LogP contribution in [-0.2, 0) is 14.3 Å². The summed E-state index contributed by atoms with van der Waals surface area (Å²) in [5.74, 6) is -0.167. The zero-order valence-corrected chi connectivity index (χ0v) is 26.5. The molecule has 0 heterocycles. The Hall–Kier alpha value is -1.06. The summed E-state index contributed by atoms with van der Waals surface area (Å²) in [5, 5.41) is 0. The molecule has 2 unspecified atom stereocenters. The number of likely N-dealkylation sites (N-methyl/N-ethyl adjacent to an activating group) is 1. The third-order valence-corrected chi connectivity index (χ3v) is 8.10. The van der Waals surface area contributed by atoms with E-state index in [1.54, 1.807) is 11.9 Å². The third kappa shape index (κ3) is 21.8. The lowest BCUT2D eigenvalue weighted by Crippen LogP contribution is -2.42. The van der Waals surface area contributed by atoms with Gasteiger partial charge in [-0.1, -0.05) is 143 Å². The molecule has 226 valence electrons. The minimum absolute atomic E-state index is 0.00686. The van der Waals surface area contributed by atoms with Crippen molar-refractivity contribution in [2.45, 2.75) is 200 Å². The Kier molecular flexibility index (Phi) is 26.7. The second-order valence-corrected chi connectivity index (χ2v) is 11.8. The predicted molar refractivity (Wildman–Crippen MR) is 165 cm³/mol. The second-order valence-electron chi connectivity index (χ2n) is 11.8. The maximum atomic E-state index is 12.9. The van der Waals surface area contributed by atoms with Gasteiger partial charge in [0.1, 0.15) is 12.1 Å². The van der Waals surface area contributed by atoms with Crippen LogP contribution in [0.1, 0.15) is 188 Å². The molecule has 1 amide bonds. The fourth-order valence-electron chi connectivity index (χ4n) is 5.14. The molecule has 0 aliphatic carbocycles. The lowest BCUT2D eigenvalue weighted by atomic mass is 10.0. The summed E-state index contributed by atoms with van der Waals surface area (Å²) >= 11 is 0. The molecule has 38 heavy (non-hydrogen) atoms. The average Bonchev–Trinajstić information content (AvgIpc) is 2.92. The Balaban J connectivity index is 4.25. The topological polar surface area (TPSA) is 46.6 Å². The molecule has 0 aromatic rings. The molecule has 0 radical (unpaired) electrons. The van der Waals surface area contributed by atoms with Crippen molar-refractivity contribution in [3.63, 3.8) is 0 Å². The summed E-state index contributed by atoms with van der Waals surface area (Å²) in [6.45, 7) is 8.56. The first-order valence-corrected chi connectivity index (χ1v) is 16.9. The van der Waals surface area contributed by atoms with E-state index >= 15 is 0 Å². The Labute approximate surface area is 238 Å². The zero-order chi connectivity index (χ0) is 28.3. The van der Waals surface area contributed by atoms with Crippen molar-refractivity contribution in [1.82, 2.24) is 4.90 Å². The molecule has 0 aliphatic heterocycles. The van der Waals surface area contributed by atoms with Crippen LogP contribution in [-0.4, -0.2) is 36.0 Å². The van der Waals surface area contributed by atoms with E-state index in [2.05, 4.69) is 20.8 Å². The standard InChI is InChI=1S/C34H67NO3/c1-6-9-12-15-17-18-19-20-22-24-27-30-33(36)35(5)31(4)34(37)38-32(28-25-14-11-8-3)29-26-23-21-16-13-10-7-2/h31-32H,6-30H2,1-5H3. The highest BCUT2D eigenvalue weighted by molar-refractivity contribution is 5.84. The molecule has 0 aromatic carbocycles. The van der Waals surface area contributed by atoms with Crippen molar-refractivity contribution in [2.24, 2.45) is 0 Å². The van der Waals surface area contributed by atoms with Crippen LogP contribution in [0.15, 0.2) is 0 Å². The minimum atomic E-state index is -0.512. The molecule has 4 nitrogen and oxygen atoms in total. The van der Waals surface area contributed by atoms with Crippen LogP contribution in [0.3, 0.4) is 0 Å². The van der Waals surface area contributed by atoms with Crippen molar-refractivity contribution in [1.29, 1.82) is 0 Å². The van der Waals surface area contributed by atoms with E-state index in [0.717, 1.165) is 38.5 Å². The predicted octanol–water partition coefficient (Wildman–Crippen LogP) is 10.6. The number of ether oxygens (including phenoxy) is 1. The normalized spacial score (nSPS) is 12.9. The number of esters is 1. The van der Waals surface area contributed by atoms with Crippen LogP contribution in [0.25, 0.3) is 0 Å². The Morgan fingerprint density at radius 3 is 1.32 bits per heavy atom. The Bertz CT molecular complexity index is 536. The highest BCUT2D eigenvalue weighted by Gasteiger charge is 2.25. The number of amides is 1. The van der Waals surface area contributed by atoms with Crippen LogP contribution in [0.4, 0.5) is 0 Å². The minimum Gasteiger partial charge on any atom is -0.461 e. The molecule has 0 saturated carbocycles. The van der Waals surface area contributed by atoms with Gasteiger partial charge in [-0.2, -0.15) is 0 Å². The Morgan fingerprint density at radius 1 is 0.553 bits per heavy atom. The zero-order valence-electron chi connectivity index (χ0n) is 26.5. The van der Waals surface area contributed by atoms with Gasteiger partial charge in [0, 0.05) is 13.5 Å². The summed E-state index contributed by atoms with van der Waals surface area (Å²) in [7, 11) is 1.76. The van der Waals surface area contributed by atoms with Crippen molar-refractivity contribution >= 4 is 11.9 Å². The molecule has 0 rings (SSSR count). The summed E-state index contributed by atoms with van der Waals surface area (Å²) in [6, 6.07) is -0.512. The molecule has 2 atom stereocenters. The average molecular weight is 538 g/mol. The van der Waals surface area contributed by atoms with Crippen molar-refractivity contribution < 1.29 is 14.3 Å². The van der Waals surface area contributed by atoms with Gasteiger partial charge in [0.2, 0.25) is 5.91 Å². The van der Waals surface area contributed by atoms with Gasteiger partial charge < -0.3 is 9.64 Å². The van der Waals surface area contributed by atoms with E-state index < -0.39 is 6.04 Å². The molecular weight excluding hydrogens is 470 g/mol. The molecule has 0 aromatic heterocycles. The van der Waals surface area contributed by atoms with E-state index in [9.17, 15) is 9.59 Å². The molecule has 0 saturated heterocycles. The molecule has 0 N–H and O–H groups in total. The van der Waals surface area contributed by atoms with E-state index in [4.69, 9.17) is 4.74 Å². The first kappa shape index (κ1) is 36.9. The fourth-order valence-corrected chi connectivity index (χ4v) is 5.14. The van der Waals surface area contributed by atoms with Crippen molar-refractivity contribution in [3.8, 4) is 0 Å². The number of hydrogen-bond donors (Lipinski definition) is 0. The molecule has 0 aliphatic rings. The van der Waals surface area contributed by atoms with Gasteiger partial charge in [-0.25, -0.2) is 4.79 Å². The van der Waals surface area contributed by atoms with Gasteiger partial charge in [0.05, 0.1) is 0 Å². The van der Waals surface area contributed by atoms with Gasteiger partial charge in [0.15, 0.2) is 0 Å². The molecule has 0 bridgehead atoms. The third-order valence-electron chi connectivity index (χ3n) is 8.10. The smallest absolute Gasteiger partial charge is 0.328 e. The Morgan fingerprint density at radius 2 is 0.895 bits per heavy atom. The SMILES string of the molecule is CCCCCCCCCCCCCC(=O)N(C)C(C)C(=O)OC(CCCCCC)CCCCCCCCC. The van der Waals surface area contributed by atoms with E-state index in [0.29, 0.717) is 6.42 Å². The molecule has 0 spiro atoms. The van der Waals surface area contributed by atoms with Crippen molar-refractivity contribution in [2.75, 3.05) is 7.05 Å². The van der Waals surface area contributed by atoms with Gasteiger partial charge >= 0.3 is 5.97 Å². The van der Waals surface area contributed by atoms with Gasteiger partial charge in [0.25, 0.3) is 0 Å². The first-order chi connectivity index (χ1) is 18.5. The van der Waals surface area contributed by atoms with E-state index in [1.165, 1.54) is 116 Å². The van der Waals surface area contributed by atoms with Crippen LogP contribution >= 0.6 is 0 Å². The second kappa shape index (κ2) is 27.5. The lowest BCUT2D eigenvalue weighted by molar-refractivity contribution is -0.158. The highest BCUT2D eigenvalue weighted by atomic mass is 16.5. The monoisotopic (exact) mass is 538 g/mol. The molecule has 0 fully saturated rings. The number of carbonyl (C=O) groups is 2. The van der Waals surface area contributed by atoms with Crippen LogP contribution in [0.5, 0.6) is 0 Å². The van der Waals surface area contributed by atoms with Gasteiger partial charge in [-0.05, 0) is 39.0 Å². The van der Waals surface area contributed by atoms with E-state index in [1.807, 2.05) is 6.92 Å². The maximum absolute atomic E-state index is 12.9. The first-order valence-electron chi connectivity index (χ1n) is 16.9. The van der Waals surface area contributed by atoms with Crippen LogP contribution in [0.2, 0.25) is 0 Å². The summed E-state index contributed by atoms with van der Waals surface area (Å²) < 4.78 is 5.99. The number of hydrogen-bond acceptors (Lipinski definition) is 3. The van der Waals surface area contributed by atoms with Gasteiger partial charge in [-0.3, -0.25) is 4.79 Å². The molecular formula is C34H67NO3. The quantitative estimate of drug-likeness (QED) is 0.0736. The van der Waals surface area contributed by atoms with E-state index in [-0.39, 0.29) is 18.0 Å². The number of nitrogens with zero attached hydrogens (tertiary/aromatic N) is 1. The summed E-state index contributed by atoms with van der Waals surface area (Å²) in [6.07, 6.45) is 30.1. The number of carbonyl (C=O) groups excluding carboxylic acids is 2. The molecule has 4 heteroatoms. The van der Waals surface area contributed by atoms with Crippen molar-refractivity contribution in [3.05, 3.63) is 0 Å².